The molecule has 0 amide bonds. The fraction of sp³-hybridized carbons (Fsp3) is 0.467. The summed E-state index contributed by atoms with van der Waals surface area (Å²) in [7, 11) is 0. The van der Waals surface area contributed by atoms with Gasteiger partial charge in [0.05, 0.1) is 5.54 Å². The van der Waals surface area contributed by atoms with Gasteiger partial charge in [0.2, 0.25) is 0 Å². The highest BCUT2D eigenvalue weighted by molar-refractivity contribution is 6.93. The van der Waals surface area contributed by atoms with Crippen molar-refractivity contribution in [3.63, 3.8) is 0 Å². The monoisotopic (exact) mass is 634 g/mol. The van der Waals surface area contributed by atoms with Crippen LogP contribution < -0.4 is 20.6 Å². The number of rotatable bonds is 1. The van der Waals surface area contributed by atoms with Gasteiger partial charge in [0.25, 0.3) is 0 Å². The molecular formula is C45H55BN2. The van der Waals surface area contributed by atoms with Crippen molar-refractivity contribution >= 4 is 40.5 Å². The minimum absolute atomic E-state index is 0.0287. The van der Waals surface area contributed by atoms with E-state index in [9.17, 15) is 0 Å². The summed E-state index contributed by atoms with van der Waals surface area (Å²) in [4.78, 5) is 5.59. The van der Waals surface area contributed by atoms with Crippen molar-refractivity contribution in [2.45, 2.75) is 136 Å². The van der Waals surface area contributed by atoms with E-state index in [2.05, 4.69) is 160 Å². The number of fused-ring (bicyclic) bond motifs is 7. The first-order chi connectivity index (χ1) is 22.3. The molecule has 4 aliphatic rings. The van der Waals surface area contributed by atoms with E-state index in [0.29, 0.717) is 0 Å². The van der Waals surface area contributed by atoms with Crippen molar-refractivity contribution < 1.29 is 0 Å². The molecule has 4 aromatic carbocycles. The van der Waals surface area contributed by atoms with E-state index < -0.39 is 0 Å². The molecule has 248 valence electrons. The topological polar surface area (TPSA) is 6.48 Å². The van der Waals surface area contributed by atoms with Gasteiger partial charge in [-0.25, -0.2) is 0 Å². The maximum Gasteiger partial charge on any atom is 0.333 e. The second-order valence-electron chi connectivity index (χ2n) is 19.2. The molecule has 0 bridgehead atoms. The summed E-state index contributed by atoms with van der Waals surface area (Å²) in [6.45, 7) is 28.8. The Morgan fingerprint density at radius 2 is 1.25 bits per heavy atom. The predicted molar refractivity (Wildman–Crippen MR) is 209 cm³/mol. The van der Waals surface area contributed by atoms with E-state index in [1.807, 2.05) is 0 Å². The predicted octanol–water partition coefficient (Wildman–Crippen LogP) is 10.9. The van der Waals surface area contributed by atoms with Gasteiger partial charge in [0.15, 0.2) is 0 Å². The third-order valence-electron chi connectivity index (χ3n) is 12.9. The normalized spacial score (nSPS) is 22.7. The summed E-state index contributed by atoms with van der Waals surface area (Å²) in [5, 5.41) is 0. The van der Waals surface area contributed by atoms with Crippen LogP contribution in [-0.4, -0.2) is 12.4 Å². The molecular weight excluding hydrogens is 579 g/mol. The average Bonchev–Trinajstić information content (AvgIpc) is 3.21. The average molecular weight is 635 g/mol. The van der Waals surface area contributed by atoms with Crippen LogP contribution in [0.5, 0.6) is 0 Å². The van der Waals surface area contributed by atoms with Crippen molar-refractivity contribution in [2.24, 2.45) is 0 Å². The largest absolute Gasteiger partial charge is 0.376 e. The molecule has 0 N–H and O–H groups in total. The van der Waals surface area contributed by atoms with Crippen molar-refractivity contribution in [2.75, 3.05) is 9.71 Å². The highest BCUT2D eigenvalue weighted by Gasteiger charge is 2.62. The molecule has 1 fully saturated rings. The molecule has 2 unspecified atom stereocenters. The first-order valence-electron chi connectivity index (χ1n) is 18.5. The van der Waals surface area contributed by atoms with E-state index in [0.717, 1.165) is 0 Å². The maximum atomic E-state index is 2.86. The quantitative estimate of drug-likeness (QED) is 0.192. The lowest BCUT2D eigenvalue weighted by atomic mass is 9.43. The van der Waals surface area contributed by atoms with Gasteiger partial charge in [-0.1, -0.05) is 125 Å². The lowest BCUT2D eigenvalue weighted by Crippen LogP contribution is -2.64. The highest BCUT2D eigenvalue weighted by Crippen LogP contribution is 2.62. The minimum atomic E-state index is 0.0287. The first kappa shape index (κ1) is 31.8. The Morgan fingerprint density at radius 3 is 1.90 bits per heavy atom. The smallest absolute Gasteiger partial charge is 0.333 e. The molecule has 2 atom stereocenters. The van der Waals surface area contributed by atoms with Crippen LogP contribution in [0, 0.1) is 6.92 Å². The molecule has 3 heteroatoms. The van der Waals surface area contributed by atoms with Crippen LogP contribution in [0.2, 0.25) is 0 Å². The van der Waals surface area contributed by atoms with Gasteiger partial charge in [-0.2, -0.15) is 0 Å². The summed E-state index contributed by atoms with van der Waals surface area (Å²) in [5.74, 6) is 0. The van der Waals surface area contributed by atoms with Crippen LogP contribution in [0.3, 0.4) is 0 Å². The Hall–Kier alpha value is -3.46. The Bertz CT molecular complexity index is 1980. The molecule has 0 aromatic heterocycles. The molecule has 2 nitrogen and oxygen atoms in total. The fourth-order valence-electron chi connectivity index (χ4n) is 9.75. The molecule has 1 saturated carbocycles. The number of nitrogens with zero attached hydrogens (tertiary/aromatic N) is 2. The van der Waals surface area contributed by atoms with Gasteiger partial charge in [-0.3, -0.25) is 0 Å². The summed E-state index contributed by atoms with van der Waals surface area (Å²) in [6.07, 6.45) is 5.06. The third-order valence-corrected chi connectivity index (χ3v) is 12.9. The molecule has 0 saturated heterocycles. The summed E-state index contributed by atoms with van der Waals surface area (Å²) in [5.41, 5.74) is 18.7. The van der Waals surface area contributed by atoms with Crippen LogP contribution in [0.25, 0.3) is 11.1 Å². The molecule has 4 aromatic rings. The number of anilines is 4. The number of hydrogen-bond acceptors (Lipinski definition) is 2. The second kappa shape index (κ2) is 9.83. The van der Waals surface area contributed by atoms with E-state index in [1.165, 1.54) is 92.7 Å². The molecule has 1 aliphatic carbocycles. The zero-order chi connectivity index (χ0) is 34.3. The number of hydrogen-bond donors (Lipinski definition) is 0. The Kier molecular flexibility index (Phi) is 6.51. The molecule has 3 heterocycles. The Balaban J connectivity index is 1.51. The zero-order valence-electron chi connectivity index (χ0n) is 31.7. The van der Waals surface area contributed by atoms with Crippen LogP contribution in [0.1, 0.15) is 130 Å². The lowest BCUT2D eigenvalue weighted by Gasteiger charge is -2.53. The van der Waals surface area contributed by atoms with E-state index in [1.54, 1.807) is 5.56 Å². The van der Waals surface area contributed by atoms with E-state index in [-0.39, 0.29) is 34.0 Å². The van der Waals surface area contributed by atoms with Crippen LogP contribution >= 0.6 is 0 Å². The lowest BCUT2D eigenvalue weighted by molar-refractivity contribution is 0.195. The van der Waals surface area contributed by atoms with Gasteiger partial charge in [-0.15, -0.1) is 0 Å². The molecule has 0 radical (unpaired) electrons. The highest BCUT2D eigenvalue weighted by atomic mass is 15.3. The summed E-state index contributed by atoms with van der Waals surface area (Å²) in [6, 6.07) is 27.1. The zero-order valence-corrected chi connectivity index (χ0v) is 31.7. The van der Waals surface area contributed by atoms with Gasteiger partial charge < -0.3 is 9.71 Å². The van der Waals surface area contributed by atoms with E-state index >= 15 is 0 Å². The molecule has 8 rings (SSSR count). The van der Waals surface area contributed by atoms with Crippen LogP contribution in [-0.2, 0) is 21.7 Å². The number of benzene rings is 4. The fourth-order valence-corrected chi connectivity index (χ4v) is 9.75. The summed E-state index contributed by atoms with van der Waals surface area (Å²) < 4.78 is 0. The van der Waals surface area contributed by atoms with Gasteiger partial charge >= 0.3 is 6.85 Å². The SMILES string of the molecule is Cc1cc2c3c(c1)N1c4c(cc(C(C)(C)C)cc4C4(C)CCCCC14C)B3N(c1ccc(C(C)(C)C)cc1)c1cc(C(C)(C)C)ccc1-2. The van der Waals surface area contributed by atoms with Crippen molar-refractivity contribution in [3.8, 4) is 11.1 Å². The third kappa shape index (κ3) is 4.24. The van der Waals surface area contributed by atoms with Gasteiger partial charge in [-0.05, 0) is 112 Å². The summed E-state index contributed by atoms with van der Waals surface area (Å²) >= 11 is 0. The Morgan fingerprint density at radius 1 is 0.625 bits per heavy atom. The van der Waals surface area contributed by atoms with Gasteiger partial charge in [0, 0.05) is 33.7 Å². The minimum Gasteiger partial charge on any atom is -0.376 e. The molecule has 48 heavy (non-hydrogen) atoms. The first-order valence-corrected chi connectivity index (χ1v) is 18.5. The standard InChI is InChI=1S/C45H55BN2/c1-28-23-34-33-20-17-30(42(5,6)7)27-37(33)48(32-18-15-29(16-19-32)41(2,3)4)46-36-26-31(43(8,9)10)25-35-40(36)47(38(24-28)39(34)46)45(12)22-14-13-21-44(35,45)11/h15-20,23-27H,13-14,21-22H2,1-12H3. The van der Waals surface area contributed by atoms with E-state index in [4.69, 9.17) is 0 Å². The second-order valence-corrected chi connectivity index (χ2v) is 19.2. The van der Waals surface area contributed by atoms with Crippen LogP contribution in [0.4, 0.5) is 22.7 Å². The van der Waals surface area contributed by atoms with Crippen molar-refractivity contribution in [3.05, 3.63) is 94.5 Å². The molecule has 0 spiro atoms. The number of aryl methyl sites for hydroxylation is 1. The Labute approximate surface area is 291 Å². The van der Waals surface area contributed by atoms with Crippen LogP contribution in [0.15, 0.2) is 66.7 Å². The molecule has 3 aliphatic heterocycles. The van der Waals surface area contributed by atoms with Gasteiger partial charge in [0.1, 0.15) is 0 Å². The maximum absolute atomic E-state index is 2.86. The van der Waals surface area contributed by atoms with Crippen molar-refractivity contribution in [1.82, 2.24) is 0 Å². The van der Waals surface area contributed by atoms with Crippen molar-refractivity contribution in [1.29, 1.82) is 0 Å².